The zero-order chi connectivity index (χ0) is 15.5. The van der Waals surface area contributed by atoms with E-state index in [-0.39, 0.29) is 24.0 Å². The summed E-state index contributed by atoms with van der Waals surface area (Å²) < 4.78 is 5.21. The van der Waals surface area contributed by atoms with Crippen molar-refractivity contribution in [1.29, 1.82) is 0 Å². The Morgan fingerprint density at radius 1 is 1.45 bits per heavy atom. The second kappa shape index (κ2) is 6.62. The fraction of sp³-hybridized carbons (Fsp3) is 0.625. The van der Waals surface area contributed by atoms with Crippen molar-refractivity contribution in [2.24, 2.45) is 5.92 Å². The first-order valence-corrected chi connectivity index (χ1v) is 7.85. The third-order valence-electron chi connectivity index (χ3n) is 4.40. The lowest BCUT2D eigenvalue weighted by Gasteiger charge is -2.38. The van der Waals surface area contributed by atoms with Gasteiger partial charge >= 0.3 is 0 Å². The number of nitrogens with zero attached hydrogens (tertiary/aromatic N) is 1. The molecule has 0 unspecified atom stereocenters. The molecule has 1 aromatic heterocycles. The number of carbonyl (C=O) groups excluding carboxylic acids is 1. The maximum absolute atomic E-state index is 12.2. The molecule has 22 heavy (non-hydrogen) atoms. The van der Waals surface area contributed by atoms with Crippen LogP contribution in [0.2, 0.25) is 0 Å². The molecule has 2 aliphatic rings. The van der Waals surface area contributed by atoms with Crippen LogP contribution in [0.15, 0.2) is 18.5 Å². The third kappa shape index (κ3) is 3.75. The number of pyridine rings is 1. The summed E-state index contributed by atoms with van der Waals surface area (Å²) in [6, 6.07) is 2.28. The minimum atomic E-state index is -0.257. The quantitative estimate of drug-likeness (QED) is 0.693. The van der Waals surface area contributed by atoms with Crippen LogP contribution in [0, 0.1) is 5.92 Å². The monoisotopic (exact) mass is 305 g/mol. The van der Waals surface area contributed by atoms with Gasteiger partial charge in [-0.15, -0.1) is 0 Å². The van der Waals surface area contributed by atoms with E-state index >= 15 is 0 Å². The van der Waals surface area contributed by atoms with Crippen LogP contribution in [0.4, 0.5) is 0 Å². The van der Waals surface area contributed by atoms with E-state index in [9.17, 15) is 9.90 Å². The van der Waals surface area contributed by atoms with Gasteiger partial charge in [-0.25, -0.2) is 0 Å². The van der Waals surface area contributed by atoms with E-state index in [0.29, 0.717) is 31.2 Å². The van der Waals surface area contributed by atoms with Gasteiger partial charge in [0.15, 0.2) is 0 Å². The van der Waals surface area contributed by atoms with E-state index in [0.717, 1.165) is 18.4 Å². The van der Waals surface area contributed by atoms with Crippen molar-refractivity contribution in [2.45, 2.75) is 43.9 Å². The van der Waals surface area contributed by atoms with Crippen LogP contribution in [0.1, 0.15) is 37.3 Å². The largest absolute Gasteiger partial charge is 0.495 e. The maximum Gasteiger partial charge on any atom is 0.234 e. The highest BCUT2D eigenvalue weighted by atomic mass is 16.5. The highest BCUT2D eigenvalue weighted by Gasteiger charge is 2.36. The van der Waals surface area contributed by atoms with Crippen LogP contribution in [0.25, 0.3) is 0 Å². The van der Waals surface area contributed by atoms with E-state index in [4.69, 9.17) is 4.74 Å². The van der Waals surface area contributed by atoms with Gasteiger partial charge in [-0.05, 0) is 43.2 Å². The lowest BCUT2D eigenvalue weighted by Crippen LogP contribution is -2.44. The van der Waals surface area contributed by atoms with Crippen LogP contribution in [-0.4, -0.2) is 41.8 Å². The van der Waals surface area contributed by atoms with E-state index in [2.05, 4.69) is 15.6 Å². The van der Waals surface area contributed by atoms with Gasteiger partial charge in [-0.3, -0.25) is 9.78 Å². The Morgan fingerprint density at radius 3 is 2.86 bits per heavy atom. The molecule has 2 fully saturated rings. The molecule has 2 aliphatic carbocycles. The second-order valence-electron chi connectivity index (χ2n) is 6.24. The summed E-state index contributed by atoms with van der Waals surface area (Å²) in [4.78, 5) is 16.3. The van der Waals surface area contributed by atoms with Crippen LogP contribution in [0.5, 0.6) is 5.75 Å². The maximum atomic E-state index is 12.2. The molecular weight excluding hydrogens is 282 g/mol. The van der Waals surface area contributed by atoms with Gasteiger partial charge in [0.25, 0.3) is 0 Å². The van der Waals surface area contributed by atoms with E-state index in [1.165, 1.54) is 0 Å². The molecule has 3 N–H and O–H groups in total. The van der Waals surface area contributed by atoms with Crippen molar-refractivity contribution in [3.05, 3.63) is 24.0 Å². The van der Waals surface area contributed by atoms with Gasteiger partial charge in [0, 0.05) is 12.2 Å². The summed E-state index contributed by atoms with van der Waals surface area (Å²) in [7, 11) is 1.60. The molecule has 6 nitrogen and oxygen atoms in total. The lowest BCUT2D eigenvalue weighted by atomic mass is 9.75. The number of amides is 1. The highest BCUT2D eigenvalue weighted by molar-refractivity contribution is 5.78. The minimum absolute atomic E-state index is 0.0129. The Labute approximate surface area is 130 Å². The molecular formula is C16H23N3O3. The fourth-order valence-corrected chi connectivity index (χ4v) is 2.84. The van der Waals surface area contributed by atoms with Crippen molar-refractivity contribution in [2.75, 3.05) is 13.7 Å². The van der Waals surface area contributed by atoms with E-state index in [1.54, 1.807) is 19.5 Å². The molecule has 0 spiro atoms. The molecule has 2 saturated carbocycles. The Morgan fingerprint density at radius 2 is 2.23 bits per heavy atom. The van der Waals surface area contributed by atoms with Crippen molar-refractivity contribution < 1.29 is 14.6 Å². The average molecular weight is 305 g/mol. The van der Waals surface area contributed by atoms with Crippen LogP contribution in [0.3, 0.4) is 0 Å². The second-order valence-corrected chi connectivity index (χ2v) is 6.24. The van der Waals surface area contributed by atoms with E-state index < -0.39 is 0 Å². The van der Waals surface area contributed by atoms with Gasteiger partial charge in [0.05, 0.1) is 32.0 Å². The van der Waals surface area contributed by atoms with Gasteiger partial charge < -0.3 is 20.5 Å². The molecule has 6 heteroatoms. The third-order valence-corrected chi connectivity index (χ3v) is 4.40. The number of aromatic nitrogens is 1. The first-order valence-electron chi connectivity index (χ1n) is 7.85. The number of hydrogen-bond acceptors (Lipinski definition) is 5. The van der Waals surface area contributed by atoms with Crippen LogP contribution >= 0.6 is 0 Å². The molecule has 1 atom stereocenters. The number of aliphatic hydroxyl groups is 1. The molecule has 0 aromatic carbocycles. The van der Waals surface area contributed by atoms with Crippen molar-refractivity contribution in [3.8, 4) is 5.75 Å². The summed E-state index contributed by atoms with van der Waals surface area (Å²) in [5.74, 6) is 0.905. The number of aliphatic hydroxyl groups excluding tert-OH is 1. The Balaban J connectivity index is 1.66. The first-order chi connectivity index (χ1) is 10.7. The van der Waals surface area contributed by atoms with Gasteiger partial charge in [-0.2, -0.15) is 0 Å². The average Bonchev–Trinajstić information content (AvgIpc) is 3.32. The number of hydrogen-bond donors (Lipinski definition) is 3. The van der Waals surface area contributed by atoms with Crippen molar-refractivity contribution in [1.82, 2.24) is 15.6 Å². The number of methoxy groups -OCH3 is 1. The normalized spacial score (nSPS) is 25.2. The SMILES string of the molecule is COc1cncc([C@H](NC(=O)CNC2CC2)C2CC(O)C2)c1. The van der Waals surface area contributed by atoms with Gasteiger partial charge in [-0.1, -0.05) is 0 Å². The topological polar surface area (TPSA) is 83.5 Å². The first kappa shape index (κ1) is 15.2. The number of carbonyl (C=O) groups is 1. The van der Waals surface area contributed by atoms with Gasteiger partial charge in [0.1, 0.15) is 5.75 Å². The molecule has 0 radical (unpaired) electrons. The summed E-state index contributed by atoms with van der Waals surface area (Å²) in [5.41, 5.74) is 0.927. The Bertz CT molecular complexity index is 527. The van der Waals surface area contributed by atoms with Gasteiger partial charge in [0.2, 0.25) is 5.91 Å². The predicted molar refractivity (Wildman–Crippen MR) is 81.4 cm³/mol. The number of rotatable bonds is 7. The smallest absolute Gasteiger partial charge is 0.234 e. The minimum Gasteiger partial charge on any atom is -0.495 e. The molecule has 0 aliphatic heterocycles. The van der Waals surface area contributed by atoms with Crippen LogP contribution in [-0.2, 0) is 4.79 Å². The standard InChI is InChI=1S/C16H23N3O3/c1-22-14-6-11(7-17-8-14)16(10-4-13(20)5-10)19-15(21)9-18-12-2-3-12/h6-8,10,12-13,16,18,20H,2-5,9H2,1H3,(H,19,21)/t10?,13?,16-/m1/s1. The number of ether oxygens (including phenoxy) is 1. The summed E-state index contributed by atoms with van der Waals surface area (Å²) in [6.45, 7) is 0.341. The molecule has 0 bridgehead atoms. The van der Waals surface area contributed by atoms with Crippen molar-refractivity contribution >= 4 is 5.91 Å². The molecule has 0 saturated heterocycles. The predicted octanol–water partition coefficient (Wildman–Crippen LogP) is 0.770. The molecule has 1 heterocycles. The Kier molecular flexibility index (Phi) is 4.59. The summed E-state index contributed by atoms with van der Waals surface area (Å²) >= 11 is 0. The zero-order valence-corrected chi connectivity index (χ0v) is 12.8. The summed E-state index contributed by atoms with van der Waals surface area (Å²) in [5, 5.41) is 15.9. The Hall–Kier alpha value is -1.66. The lowest BCUT2D eigenvalue weighted by molar-refractivity contribution is -0.122. The van der Waals surface area contributed by atoms with Crippen LogP contribution < -0.4 is 15.4 Å². The molecule has 1 amide bonds. The number of nitrogens with one attached hydrogen (secondary N) is 2. The van der Waals surface area contributed by atoms with Crippen molar-refractivity contribution in [3.63, 3.8) is 0 Å². The molecule has 120 valence electrons. The highest BCUT2D eigenvalue weighted by Crippen LogP contribution is 2.38. The molecule has 3 rings (SSSR count). The fourth-order valence-electron chi connectivity index (χ4n) is 2.84. The summed E-state index contributed by atoms with van der Waals surface area (Å²) in [6.07, 6.45) is 6.87. The molecule has 1 aromatic rings. The zero-order valence-electron chi connectivity index (χ0n) is 12.8. The van der Waals surface area contributed by atoms with E-state index in [1.807, 2.05) is 6.07 Å².